The Morgan fingerprint density at radius 1 is 1.33 bits per heavy atom. The third-order valence-electron chi connectivity index (χ3n) is 3.68. The molecule has 1 saturated carbocycles. The van der Waals surface area contributed by atoms with Crippen LogP contribution in [0.15, 0.2) is 41.2 Å². The van der Waals surface area contributed by atoms with Crippen molar-refractivity contribution in [3.8, 4) is 0 Å². The lowest BCUT2D eigenvalue weighted by atomic mass is 10.1. The van der Waals surface area contributed by atoms with Gasteiger partial charge in [-0.3, -0.25) is 9.59 Å². The van der Waals surface area contributed by atoms with E-state index >= 15 is 0 Å². The number of aromatic nitrogens is 1. The highest BCUT2D eigenvalue weighted by atomic mass is 35.5. The number of halogens is 1. The van der Waals surface area contributed by atoms with Gasteiger partial charge < -0.3 is 10.3 Å². The minimum atomic E-state index is -0.354. The topological polar surface area (TPSA) is 62.0 Å². The van der Waals surface area contributed by atoms with Gasteiger partial charge in [0.2, 0.25) is 0 Å². The summed E-state index contributed by atoms with van der Waals surface area (Å²) in [6, 6.07) is 11.0. The molecule has 1 aliphatic carbocycles. The fourth-order valence-corrected chi connectivity index (χ4v) is 2.66. The molecule has 21 heavy (non-hydrogen) atoms. The fourth-order valence-electron chi connectivity index (χ4n) is 2.46. The van der Waals surface area contributed by atoms with Gasteiger partial charge in [0, 0.05) is 22.7 Å². The number of rotatable bonds is 3. The molecule has 0 spiro atoms. The molecule has 4 nitrogen and oxygen atoms in total. The van der Waals surface area contributed by atoms with Gasteiger partial charge in [-0.2, -0.15) is 0 Å². The van der Waals surface area contributed by atoms with E-state index in [4.69, 9.17) is 11.6 Å². The van der Waals surface area contributed by atoms with Crippen LogP contribution < -0.4 is 10.9 Å². The predicted molar refractivity (Wildman–Crippen MR) is 81.9 cm³/mol. The number of carbonyl (C=O) groups is 1. The van der Waals surface area contributed by atoms with Crippen molar-refractivity contribution in [2.45, 2.75) is 25.3 Å². The smallest absolute Gasteiger partial charge is 0.260 e. The maximum absolute atomic E-state index is 12.1. The van der Waals surface area contributed by atoms with Crippen molar-refractivity contribution in [1.82, 2.24) is 10.3 Å². The van der Waals surface area contributed by atoms with E-state index < -0.39 is 0 Å². The average Bonchev–Trinajstić information content (AvgIpc) is 3.17. The number of aryl methyl sites for hydroxylation is 1. The summed E-state index contributed by atoms with van der Waals surface area (Å²) < 4.78 is 0. The van der Waals surface area contributed by atoms with Crippen molar-refractivity contribution in [3.63, 3.8) is 0 Å². The summed E-state index contributed by atoms with van der Waals surface area (Å²) in [4.78, 5) is 26.5. The van der Waals surface area contributed by atoms with Gasteiger partial charge in [-0.1, -0.05) is 23.7 Å². The minimum Gasteiger partial charge on any atom is -0.348 e. The molecule has 1 aromatic carbocycles. The zero-order chi connectivity index (χ0) is 15.0. The van der Waals surface area contributed by atoms with Crippen LogP contribution >= 0.6 is 11.6 Å². The largest absolute Gasteiger partial charge is 0.348 e. The first-order valence-corrected chi connectivity index (χ1v) is 7.18. The lowest BCUT2D eigenvalue weighted by Crippen LogP contribution is -2.31. The number of H-pyrrole nitrogens is 1. The molecule has 1 heterocycles. The Hall–Kier alpha value is -2.07. The summed E-state index contributed by atoms with van der Waals surface area (Å²) in [5.74, 6) is -0.0528. The standard InChI is InChI=1S/C16H15ClN2O2/c1-9-5-6-12(15(20)18-9)16(21)19-14-8-13(14)10-3-2-4-11(17)7-10/h2-7,13-14H,8H2,1H3,(H,18,20)(H,19,21)/t13-,14-/m0/s1. The van der Waals surface area contributed by atoms with E-state index in [2.05, 4.69) is 10.3 Å². The van der Waals surface area contributed by atoms with Gasteiger partial charge in [0.1, 0.15) is 5.56 Å². The Kier molecular flexibility index (Phi) is 3.55. The molecule has 0 bridgehead atoms. The van der Waals surface area contributed by atoms with Crippen molar-refractivity contribution in [2.24, 2.45) is 0 Å². The Morgan fingerprint density at radius 2 is 2.14 bits per heavy atom. The van der Waals surface area contributed by atoms with Crippen LogP contribution in [0.3, 0.4) is 0 Å². The van der Waals surface area contributed by atoms with Crippen molar-refractivity contribution in [1.29, 1.82) is 0 Å². The lowest BCUT2D eigenvalue weighted by molar-refractivity contribution is 0.0949. The molecule has 5 heteroatoms. The monoisotopic (exact) mass is 302 g/mol. The predicted octanol–water partition coefficient (Wildman–Crippen LogP) is 2.62. The molecule has 2 N–H and O–H groups in total. The average molecular weight is 303 g/mol. The highest BCUT2D eigenvalue weighted by molar-refractivity contribution is 6.30. The summed E-state index contributed by atoms with van der Waals surface area (Å²) in [6.45, 7) is 1.78. The van der Waals surface area contributed by atoms with Gasteiger partial charge in [0.25, 0.3) is 11.5 Å². The maximum Gasteiger partial charge on any atom is 0.260 e. The zero-order valence-electron chi connectivity index (χ0n) is 11.5. The third-order valence-corrected chi connectivity index (χ3v) is 3.92. The molecule has 0 aliphatic heterocycles. The van der Waals surface area contributed by atoms with E-state index in [0.29, 0.717) is 5.02 Å². The molecule has 2 atom stereocenters. The number of nitrogens with one attached hydrogen (secondary N) is 2. The van der Waals surface area contributed by atoms with Gasteiger partial charge in [0.15, 0.2) is 0 Å². The number of amides is 1. The molecular weight excluding hydrogens is 288 g/mol. The van der Waals surface area contributed by atoms with Crippen LogP contribution in [0.4, 0.5) is 0 Å². The Labute approximate surface area is 127 Å². The molecule has 1 aromatic heterocycles. The molecule has 1 amide bonds. The van der Waals surface area contributed by atoms with Gasteiger partial charge in [-0.25, -0.2) is 0 Å². The lowest BCUT2D eigenvalue weighted by Gasteiger charge is -2.05. The summed E-state index contributed by atoms with van der Waals surface area (Å²) >= 11 is 5.97. The van der Waals surface area contributed by atoms with Crippen LogP contribution in [0, 0.1) is 6.92 Å². The molecular formula is C16H15ClN2O2. The summed E-state index contributed by atoms with van der Waals surface area (Å²) in [5.41, 5.74) is 1.65. The van der Waals surface area contributed by atoms with Crippen LogP contribution in [-0.2, 0) is 0 Å². The molecule has 0 unspecified atom stereocenters. The van der Waals surface area contributed by atoms with E-state index in [9.17, 15) is 9.59 Å². The van der Waals surface area contributed by atoms with Gasteiger partial charge >= 0.3 is 0 Å². The fraction of sp³-hybridized carbons (Fsp3) is 0.250. The van der Waals surface area contributed by atoms with Crippen molar-refractivity contribution < 1.29 is 4.79 Å². The number of pyridine rings is 1. The van der Waals surface area contributed by atoms with Crippen LogP contribution in [-0.4, -0.2) is 16.9 Å². The van der Waals surface area contributed by atoms with E-state index in [-0.39, 0.29) is 29.0 Å². The second kappa shape index (κ2) is 5.37. The van der Waals surface area contributed by atoms with Gasteiger partial charge in [-0.05, 0) is 43.2 Å². The number of hydrogen-bond acceptors (Lipinski definition) is 2. The summed E-state index contributed by atoms with van der Waals surface area (Å²) in [7, 11) is 0. The van der Waals surface area contributed by atoms with Gasteiger partial charge in [-0.15, -0.1) is 0 Å². The SMILES string of the molecule is Cc1ccc(C(=O)N[C@H]2C[C@H]2c2cccc(Cl)c2)c(=O)[nH]1. The zero-order valence-corrected chi connectivity index (χ0v) is 12.3. The molecule has 3 rings (SSSR count). The van der Waals surface area contributed by atoms with Crippen LogP contribution in [0.1, 0.15) is 34.0 Å². The first-order valence-electron chi connectivity index (χ1n) is 6.81. The molecule has 2 aromatic rings. The second-order valence-electron chi connectivity index (χ2n) is 5.36. The molecule has 1 aliphatic rings. The van der Waals surface area contributed by atoms with E-state index in [1.807, 2.05) is 24.3 Å². The number of benzene rings is 1. The molecule has 108 valence electrons. The Balaban J connectivity index is 1.69. The van der Waals surface area contributed by atoms with E-state index in [1.54, 1.807) is 19.1 Å². The summed E-state index contributed by atoms with van der Waals surface area (Å²) in [5, 5.41) is 3.59. The van der Waals surface area contributed by atoms with Crippen LogP contribution in [0.2, 0.25) is 5.02 Å². The normalized spacial score (nSPS) is 20.1. The first kappa shape index (κ1) is 13.9. The number of hydrogen-bond donors (Lipinski definition) is 2. The van der Waals surface area contributed by atoms with Crippen molar-refractivity contribution >= 4 is 17.5 Å². The number of aromatic amines is 1. The molecule has 0 radical (unpaired) electrons. The summed E-state index contributed by atoms with van der Waals surface area (Å²) in [6.07, 6.45) is 0.871. The highest BCUT2D eigenvalue weighted by Crippen LogP contribution is 2.41. The third kappa shape index (κ3) is 3.00. The Morgan fingerprint density at radius 3 is 2.86 bits per heavy atom. The number of carbonyl (C=O) groups excluding carboxylic acids is 1. The molecule has 1 fully saturated rings. The van der Waals surface area contributed by atoms with Crippen molar-refractivity contribution in [3.05, 3.63) is 68.6 Å². The maximum atomic E-state index is 12.1. The highest BCUT2D eigenvalue weighted by Gasteiger charge is 2.39. The van der Waals surface area contributed by atoms with E-state index in [1.165, 1.54) is 0 Å². The molecule has 0 saturated heterocycles. The van der Waals surface area contributed by atoms with Crippen LogP contribution in [0.5, 0.6) is 0 Å². The minimum absolute atomic E-state index is 0.0664. The van der Waals surface area contributed by atoms with Gasteiger partial charge in [0.05, 0.1) is 0 Å². The van der Waals surface area contributed by atoms with E-state index in [0.717, 1.165) is 17.7 Å². The Bertz CT molecular complexity index is 754. The second-order valence-corrected chi connectivity index (χ2v) is 5.80. The van der Waals surface area contributed by atoms with Crippen molar-refractivity contribution in [2.75, 3.05) is 0 Å². The quantitative estimate of drug-likeness (QED) is 0.915. The van der Waals surface area contributed by atoms with Crippen LogP contribution in [0.25, 0.3) is 0 Å². The first-order chi connectivity index (χ1) is 10.0.